The number of rotatable bonds is 2. The van der Waals surface area contributed by atoms with Crippen molar-refractivity contribution in [2.75, 3.05) is 19.7 Å². The summed E-state index contributed by atoms with van der Waals surface area (Å²) in [5.41, 5.74) is -0.877. The number of ether oxygens (including phenoxy) is 1. The maximum absolute atomic E-state index is 12.6. The van der Waals surface area contributed by atoms with Gasteiger partial charge in [-0.2, -0.15) is 18.3 Å². The largest absolute Gasteiger partial charge is 0.435 e. The van der Waals surface area contributed by atoms with Gasteiger partial charge in [0.1, 0.15) is 0 Å². The van der Waals surface area contributed by atoms with Gasteiger partial charge in [0, 0.05) is 25.9 Å². The molecule has 2 aliphatic heterocycles. The third-order valence-corrected chi connectivity index (χ3v) is 4.71. The van der Waals surface area contributed by atoms with Crippen LogP contribution in [0.25, 0.3) is 0 Å². The van der Waals surface area contributed by atoms with Crippen LogP contribution in [0.2, 0.25) is 0 Å². The molecule has 0 spiro atoms. The molecule has 6 nitrogen and oxygen atoms in total. The molecule has 0 bridgehead atoms. The second-order valence-electron chi connectivity index (χ2n) is 6.32. The first kappa shape index (κ1) is 17.1. The fraction of sp³-hybridized carbons (Fsp3) is 0.733. The zero-order chi connectivity index (χ0) is 17.3. The zero-order valence-electron chi connectivity index (χ0n) is 13.4. The summed E-state index contributed by atoms with van der Waals surface area (Å²) in [6.45, 7) is 3.58. The monoisotopic (exact) mass is 346 g/mol. The van der Waals surface area contributed by atoms with E-state index >= 15 is 0 Å². The van der Waals surface area contributed by atoms with Gasteiger partial charge in [-0.3, -0.25) is 4.68 Å². The summed E-state index contributed by atoms with van der Waals surface area (Å²) in [6.07, 6.45) is -1.08. The van der Waals surface area contributed by atoms with Gasteiger partial charge in [-0.25, -0.2) is 4.79 Å². The Morgan fingerprint density at radius 3 is 2.58 bits per heavy atom. The highest BCUT2D eigenvalue weighted by molar-refractivity contribution is 5.74. The normalized spacial score (nSPS) is 25.9. The van der Waals surface area contributed by atoms with E-state index in [0.29, 0.717) is 32.5 Å². The number of hydrogen-bond donors (Lipinski definition) is 1. The maximum atomic E-state index is 12.6. The number of carbonyl (C=O) groups excluding carboxylic acids is 1. The molecule has 1 aromatic heterocycles. The number of hydrogen-bond acceptors (Lipinski definition) is 3. The topological polar surface area (TPSA) is 59.4 Å². The smallest absolute Gasteiger partial charge is 0.376 e. The van der Waals surface area contributed by atoms with E-state index in [2.05, 4.69) is 10.4 Å². The summed E-state index contributed by atoms with van der Waals surface area (Å²) in [4.78, 5) is 14.0. The molecule has 3 heterocycles. The van der Waals surface area contributed by atoms with Crippen LogP contribution in [-0.4, -0.2) is 52.6 Å². The van der Waals surface area contributed by atoms with Gasteiger partial charge in [0.2, 0.25) is 0 Å². The predicted molar refractivity (Wildman–Crippen MR) is 79.4 cm³/mol. The molecule has 0 unspecified atom stereocenters. The van der Waals surface area contributed by atoms with Crippen LogP contribution in [0.1, 0.15) is 37.9 Å². The van der Waals surface area contributed by atoms with E-state index in [0.717, 1.165) is 12.5 Å². The van der Waals surface area contributed by atoms with Crippen molar-refractivity contribution < 1.29 is 22.7 Å². The molecule has 24 heavy (non-hydrogen) atoms. The van der Waals surface area contributed by atoms with Crippen molar-refractivity contribution in [2.45, 2.75) is 50.6 Å². The van der Waals surface area contributed by atoms with Crippen LogP contribution in [0, 0.1) is 0 Å². The first-order chi connectivity index (χ1) is 11.3. The van der Waals surface area contributed by atoms with Crippen molar-refractivity contribution in [3.8, 4) is 0 Å². The van der Waals surface area contributed by atoms with Gasteiger partial charge < -0.3 is 15.0 Å². The molecule has 0 aliphatic carbocycles. The summed E-state index contributed by atoms with van der Waals surface area (Å²) >= 11 is 0. The molecular formula is C15H21F3N4O2. The first-order valence-corrected chi connectivity index (χ1v) is 8.14. The number of urea groups is 1. The molecule has 1 N–H and O–H groups in total. The van der Waals surface area contributed by atoms with Gasteiger partial charge >= 0.3 is 12.2 Å². The van der Waals surface area contributed by atoms with Crippen LogP contribution in [0.4, 0.5) is 18.0 Å². The number of halogens is 3. The number of piperidine rings is 1. The number of likely N-dealkylation sites (tertiary alicyclic amines) is 1. The number of amides is 2. The average molecular weight is 346 g/mol. The Kier molecular flexibility index (Phi) is 4.71. The molecule has 2 fully saturated rings. The minimum atomic E-state index is -4.42. The van der Waals surface area contributed by atoms with Crippen LogP contribution in [-0.2, 0) is 10.9 Å². The van der Waals surface area contributed by atoms with Gasteiger partial charge in [-0.05, 0) is 32.3 Å². The van der Waals surface area contributed by atoms with Crippen molar-refractivity contribution >= 4 is 6.03 Å². The second-order valence-corrected chi connectivity index (χ2v) is 6.32. The Morgan fingerprint density at radius 2 is 2.04 bits per heavy atom. The van der Waals surface area contributed by atoms with E-state index in [4.69, 9.17) is 4.74 Å². The van der Waals surface area contributed by atoms with E-state index in [1.807, 2.05) is 6.92 Å². The van der Waals surface area contributed by atoms with E-state index < -0.39 is 11.9 Å². The molecule has 0 aromatic carbocycles. The average Bonchev–Trinajstić information content (AvgIpc) is 3.17. The van der Waals surface area contributed by atoms with Crippen molar-refractivity contribution in [3.63, 3.8) is 0 Å². The maximum Gasteiger partial charge on any atom is 0.435 e. The quantitative estimate of drug-likeness (QED) is 0.895. The summed E-state index contributed by atoms with van der Waals surface area (Å²) in [7, 11) is 0. The standard InChI is InChI=1S/C15H21F3N4O2/c1-10-12(5-9-24-10)19-14(23)21-6-2-11(3-7-21)22-8-4-13(20-22)15(16,17)18/h4,8,10-12H,2-3,5-7,9H2,1H3,(H,19,23)/t10-,12+/m0/s1. The Labute approximate surface area is 137 Å². The molecule has 0 saturated carbocycles. The van der Waals surface area contributed by atoms with Gasteiger partial charge in [-0.1, -0.05) is 0 Å². The fourth-order valence-corrected chi connectivity index (χ4v) is 3.20. The van der Waals surface area contributed by atoms with Gasteiger partial charge in [-0.15, -0.1) is 0 Å². The molecule has 2 saturated heterocycles. The van der Waals surface area contributed by atoms with Crippen LogP contribution in [0.3, 0.4) is 0 Å². The molecule has 1 aromatic rings. The molecule has 2 atom stereocenters. The number of alkyl halides is 3. The van der Waals surface area contributed by atoms with Gasteiger partial charge in [0.05, 0.1) is 18.2 Å². The molecule has 134 valence electrons. The third kappa shape index (κ3) is 3.66. The number of aromatic nitrogens is 2. The molecule has 2 aliphatic rings. The summed E-state index contributed by atoms with van der Waals surface area (Å²) < 4.78 is 44.6. The third-order valence-electron chi connectivity index (χ3n) is 4.71. The SMILES string of the molecule is C[C@@H]1OCC[C@H]1NC(=O)N1CCC(n2ccc(C(F)(F)F)n2)CC1. The minimum absolute atomic E-state index is 0.0105. The molecular weight excluding hydrogens is 325 g/mol. The van der Waals surface area contributed by atoms with Crippen LogP contribution in [0.15, 0.2) is 12.3 Å². The lowest BCUT2D eigenvalue weighted by atomic mass is 10.1. The van der Waals surface area contributed by atoms with Gasteiger partial charge in [0.15, 0.2) is 5.69 Å². The number of nitrogens with zero attached hydrogens (tertiary/aromatic N) is 3. The van der Waals surface area contributed by atoms with E-state index in [-0.39, 0.29) is 24.2 Å². The lowest BCUT2D eigenvalue weighted by Gasteiger charge is -2.33. The van der Waals surface area contributed by atoms with E-state index in [1.54, 1.807) is 4.90 Å². The molecule has 3 rings (SSSR count). The number of carbonyl (C=O) groups is 1. The Morgan fingerprint density at radius 1 is 1.33 bits per heavy atom. The molecule has 2 amide bonds. The zero-order valence-corrected chi connectivity index (χ0v) is 13.4. The van der Waals surface area contributed by atoms with Crippen molar-refractivity contribution in [3.05, 3.63) is 18.0 Å². The minimum Gasteiger partial charge on any atom is -0.376 e. The summed E-state index contributed by atoms with van der Waals surface area (Å²) in [5, 5.41) is 6.59. The Balaban J connectivity index is 1.52. The highest BCUT2D eigenvalue weighted by atomic mass is 19.4. The Bertz CT molecular complexity index is 582. The lowest BCUT2D eigenvalue weighted by molar-refractivity contribution is -0.141. The van der Waals surface area contributed by atoms with Crippen molar-refractivity contribution in [2.24, 2.45) is 0 Å². The molecule has 0 radical (unpaired) electrons. The Hall–Kier alpha value is -1.77. The highest BCUT2D eigenvalue weighted by Gasteiger charge is 2.35. The van der Waals surface area contributed by atoms with Crippen molar-refractivity contribution in [1.29, 1.82) is 0 Å². The number of nitrogens with one attached hydrogen (secondary N) is 1. The molecule has 9 heteroatoms. The van der Waals surface area contributed by atoms with Crippen LogP contribution < -0.4 is 5.32 Å². The summed E-state index contributed by atoms with van der Waals surface area (Å²) in [5.74, 6) is 0. The summed E-state index contributed by atoms with van der Waals surface area (Å²) in [6, 6.07) is 0.766. The van der Waals surface area contributed by atoms with Crippen LogP contribution in [0.5, 0.6) is 0 Å². The highest BCUT2D eigenvalue weighted by Crippen LogP contribution is 2.29. The van der Waals surface area contributed by atoms with E-state index in [1.165, 1.54) is 10.9 Å². The predicted octanol–water partition coefficient (Wildman–Crippen LogP) is 2.43. The lowest BCUT2D eigenvalue weighted by Crippen LogP contribution is -2.49. The van der Waals surface area contributed by atoms with E-state index in [9.17, 15) is 18.0 Å². The second kappa shape index (κ2) is 6.62. The fourth-order valence-electron chi connectivity index (χ4n) is 3.20. The van der Waals surface area contributed by atoms with Crippen molar-refractivity contribution in [1.82, 2.24) is 20.0 Å². The first-order valence-electron chi connectivity index (χ1n) is 8.14. The van der Waals surface area contributed by atoms with Crippen LogP contribution >= 0.6 is 0 Å². The van der Waals surface area contributed by atoms with Gasteiger partial charge in [0.25, 0.3) is 0 Å².